The van der Waals surface area contributed by atoms with Crippen LogP contribution in [0.3, 0.4) is 0 Å². The molecule has 0 saturated heterocycles. The van der Waals surface area contributed by atoms with Crippen LogP contribution in [0.4, 0.5) is 0 Å². The lowest BCUT2D eigenvalue weighted by Gasteiger charge is -2.16. The maximum absolute atomic E-state index is 12.2. The maximum Gasteiger partial charge on any atom is 0.331 e. The van der Waals surface area contributed by atoms with Gasteiger partial charge in [-0.3, -0.25) is 4.57 Å². The summed E-state index contributed by atoms with van der Waals surface area (Å²) in [4.78, 5) is 0.217. The Morgan fingerprint density at radius 1 is 1.05 bits per heavy atom. The van der Waals surface area contributed by atoms with Crippen molar-refractivity contribution >= 4 is 17.4 Å². The van der Waals surface area contributed by atoms with Crippen LogP contribution in [0.1, 0.15) is 13.8 Å². The van der Waals surface area contributed by atoms with Crippen LogP contribution in [0.15, 0.2) is 35.2 Å². The minimum Gasteiger partial charge on any atom is -0.309 e. The average Bonchev–Trinajstić information content (AvgIpc) is 2.38. The van der Waals surface area contributed by atoms with E-state index in [0.29, 0.717) is 0 Å². The largest absolute Gasteiger partial charge is 0.331 e. The minimum atomic E-state index is -3.46. The second kappa shape index (κ2) is 7.20. The van der Waals surface area contributed by atoms with Crippen LogP contribution in [0.2, 0.25) is 0 Å². The van der Waals surface area contributed by atoms with Crippen LogP contribution in [-0.2, 0) is 23.4 Å². The lowest BCUT2D eigenvalue weighted by molar-refractivity contribution is 0.221. The maximum atomic E-state index is 12.2. The van der Waals surface area contributed by atoms with E-state index < -0.39 is 17.4 Å². The number of hydrogen-bond acceptors (Lipinski definition) is 5. The third-order valence-electron chi connectivity index (χ3n) is 2.39. The summed E-state index contributed by atoms with van der Waals surface area (Å²) in [6, 6.07) is 8.07. The molecule has 0 N–H and O–H groups in total. The molecule has 7 heteroatoms. The van der Waals surface area contributed by atoms with Gasteiger partial charge < -0.3 is 9.05 Å². The summed E-state index contributed by atoms with van der Waals surface area (Å²) in [5, 5.41) is 0. The molecule has 0 fully saturated rings. The van der Waals surface area contributed by atoms with E-state index in [2.05, 4.69) is 0 Å². The Bertz CT molecular complexity index is 516. The van der Waals surface area contributed by atoms with Crippen LogP contribution < -0.4 is 0 Å². The third kappa shape index (κ3) is 5.07. The molecule has 1 aromatic carbocycles. The standard InChI is InChI=1S/C12H19O5PS/c1-3-16-18(13,17-4-2)10-11-19(14,15)12-8-6-5-7-9-12/h5-9H,3-4,10-11H2,1-2H3. The van der Waals surface area contributed by atoms with E-state index in [1.807, 2.05) is 0 Å². The molecule has 0 aliphatic rings. The summed E-state index contributed by atoms with van der Waals surface area (Å²) in [6.07, 6.45) is -0.133. The van der Waals surface area contributed by atoms with Gasteiger partial charge in [0.2, 0.25) is 0 Å². The molecule has 0 aromatic heterocycles. The highest BCUT2D eigenvalue weighted by atomic mass is 32.2. The predicted molar refractivity (Wildman–Crippen MR) is 74.2 cm³/mol. The smallest absolute Gasteiger partial charge is 0.309 e. The molecule has 0 amide bonds. The van der Waals surface area contributed by atoms with Crippen molar-refractivity contribution in [2.24, 2.45) is 0 Å². The van der Waals surface area contributed by atoms with Gasteiger partial charge in [0.05, 0.1) is 30.0 Å². The van der Waals surface area contributed by atoms with Gasteiger partial charge in [-0.1, -0.05) is 18.2 Å². The van der Waals surface area contributed by atoms with E-state index in [9.17, 15) is 13.0 Å². The van der Waals surface area contributed by atoms with Gasteiger partial charge in [-0.25, -0.2) is 8.42 Å². The van der Waals surface area contributed by atoms with Gasteiger partial charge in [-0.15, -0.1) is 0 Å². The summed E-state index contributed by atoms with van der Waals surface area (Å²) in [5.41, 5.74) is 0. The summed E-state index contributed by atoms with van der Waals surface area (Å²) in [5.74, 6) is -0.256. The molecular weight excluding hydrogens is 287 g/mol. The molecule has 5 nitrogen and oxygen atoms in total. The average molecular weight is 306 g/mol. The van der Waals surface area contributed by atoms with Crippen molar-refractivity contribution in [3.8, 4) is 0 Å². The molecular formula is C12H19O5PS. The predicted octanol–water partition coefficient (Wildman–Crippen LogP) is 2.73. The SMILES string of the molecule is CCOP(=O)(CCS(=O)(=O)c1ccccc1)OCC. The van der Waals surface area contributed by atoms with Crippen molar-refractivity contribution in [3.63, 3.8) is 0 Å². The summed E-state index contributed by atoms with van der Waals surface area (Å²) >= 11 is 0. The Kier molecular flexibility index (Phi) is 6.20. The molecule has 0 spiro atoms. The molecule has 0 aliphatic carbocycles. The lowest BCUT2D eigenvalue weighted by Crippen LogP contribution is -2.13. The van der Waals surface area contributed by atoms with E-state index in [0.717, 1.165) is 0 Å². The molecule has 0 aliphatic heterocycles. The van der Waals surface area contributed by atoms with Crippen LogP contribution in [0.5, 0.6) is 0 Å². The Balaban J connectivity index is 2.77. The quantitative estimate of drug-likeness (QED) is 0.691. The summed E-state index contributed by atoms with van der Waals surface area (Å²) < 4.78 is 46.4. The fourth-order valence-electron chi connectivity index (χ4n) is 1.54. The molecule has 0 bridgehead atoms. The van der Waals surface area contributed by atoms with Crippen molar-refractivity contribution in [2.45, 2.75) is 18.7 Å². The highest BCUT2D eigenvalue weighted by Crippen LogP contribution is 2.48. The molecule has 0 unspecified atom stereocenters. The fraction of sp³-hybridized carbons (Fsp3) is 0.500. The molecule has 1 rings (SSSR count). The normalized spacial score (nSPS) is 12.5. The fourth-order valence-corrected chi connectivity index (χ4v) is 5.32. The van der Waals surface area contributed by atoms with Gasteiger partial charge in [0.1, 0.15) is 0 Å². The van der Waals surface area contributed by atoms with Crippen LogP contribution in [-0.4, -0.2) is 33.5 Å². The Hall–Kier alpha value is -0.680. The molecule has 0 saturated carbocycles. The Labute approximate surface area is 114 Å². The van der Waals surface area contributed by atoms with Gasteiger partial charge in [-0.05, 0) is 26.0 Å². The lowest BCUT2D eigenvalue weighted by atomic mass is 10.4. The number of hydrogen-bond donors (Lipinski definition) is 0. The van der Waals surface area contributed by atoms with E-state index in [1.165, 1.54) is 12.1 Å². The monoisotopic (exact) mass is 306 g/mol. The number of sulfone groups is 1. The van der Waals surface area contributed by atoms with Crippen LogP contribution in [0.25, 0.3) is 0 Å². The van der Waals surface area contributed by atoms with Gasteiger partial charge in [-0.2, -0.15) is 0 Å². The molecule has 0 atom stereocenters. The Morgan fingerprint density at radius 2 is 1.58 bits per heavy atom. The van der Waals surface area contributed by atoms with Crippen LogP contribution in [0, 0.1) is 0 Å². The molecule has 0 heterocycles. The highest BCUT2D eigenvalue weighted by Gasteiger charge is 2.27. The van der Waals surface area contributed by atoms with Crippen molar-refractivity contribution in [3.05, 3.63) is 30.3 Å². The van der Waals surface area contributed by atoms with Crippen molar-refractivity contribution in [1.29, 1.82) is 0 Å². The van der Waals surface area contributed by atoms with Gasteiger partial charge in [0.15, 0.2) is 9.84 Å². The van der Waals surface area contributed by atoms with E-state index >= 15 is 0 Å². The number of benzene rings is 1. The van der Waals surface area contributed by atoms with Crippen molar-refractivity contribution in [2.75, 3.05) is 25.1 Å². The zero-order chi connectivity index (χ0) is 14.4. The van der Waals surface area contributed by atoms with E-state index in [1.54, 1.807) is 32.0 Å². The first-order valence-corrected chi connectivity index (χ1v) is 9.47. The summed E-state index contributed by atoms with van der Waals surface area (Å²) in [6.45, 7) is 3.83. The van der Waals surface area contributed by atoms with E-state index in [4.69, 9.17) is 9.05 Å². The first-order chi connectivity index (χ1) is 8.93. The Morgan fingerprint density at radius 3 is 2.05 bits per heavy atom. The molecule has 1 aromatic rings. The summed E-state index contributed by atoms with van der Waals surface area (Å²) in [7, 11) is -6.78. The first kappa shape index (κ1) is 16.4. The first-order valence-electron chi connectivity index (χ1n) is 6.09. The third-order valence-corrected chi connectivity index (χ3v) is 6.50. The molecule has 19 heavy (non-hydrogen) atoms. The second-order valence-electron chi connectivity index (χ2n) is 3.80. The van der Waals surface area contributed by atoms with Crippen molar-refractivity contribution < 1.29 is 22.0 Å². The zero-order valence-electron chi connectivity index (χ0n) is 11.1. The van der Waals surface area contributed by atoms with Gasteiger partial charge in [0, 0.05) is 0 Å². The van der Waals surface area contributed by atoms with E-state index in [-0.39, 0.29) is 30.0 Å². The minimum absolute atomic E-state index is 0.133. The zero-order valence-corrected chi connectivity index (χ0v) is 12.8. The van der Waals surface area contributed by atoms with Gasteiger partial charge >= 0.3 is 7.60 Å². The second-order valence-corrected chi connectivity index (χ2v) is 8.10. The molecule has 108 valence electrons. The topological polar surface area (TPSA) is 69.7 Å². The van der Waals surface area contributed by atoms with Crippen molar-refractivity contribution in [1.82, 2.24) is 0 Å². The van der Waals surface area contributed by atoms with Crippen LogP contribution >= 0.6 is 7.60 Å². The molecule has 0 radical (unpaired) electrons. The highest BCUT2D eigenvalue weighted by molar-refractivity contribution is 7.91. The van der Waals surface area contributed by atoms with Gasteiger partial charge in [0.25, 0.3) is 0 Å². The number of rotatable bonds is 8.